The first-order chi connectivity index (χ1) is 10.6. The highest BCUT2D eigenvalue weighted by Gasteiger charge is 2.44. The van der Waals surface area contributed by atoms with Crippen LogP contribution in [-0.2, 0) is 4.79 Å². The lowest BCUT2D eigenvalue weighted by atomic mass is 9.80. The summed E-state index contributed by atoms with van der Waals surface area (Å²) in [6, 6.07) is 0.252. The van der Waals surface area contributed by atoms with Crippen LogP contribution in [0.1, 0.15) is 70.6 Å². The molecule has 2 saturated carbocycles. The van der Waals surface area contributed by atoms with Gasteiger partial charge in [0.1, 0.15) is 0 Å². The first-order valence-electron chi connectivity index (χ1n) is 8.92. The Balaban J connectivity index is 1.54. The fourth-order valence-electron chi connectivity index (χ4n) is 4.72. The van der Waals surface area contributed by atoms with Crippen LogP contribution in [0.5, 0.6) is 0 Å². The first kappa shape index (κ1) is 15.6. The van der Waals surface area contributed by atoms with Crippen molar-refractivity contribution in [3.8, 4) is 0 Å². The third-order valence-corrected chi connectivity index (χ3v) is 6.03. The van der Waals surface area contributed by atoms with E-state index in [0.717, 1.165) is 45.1 Å². The highest BCUT2D eigenvalue weighted by molar-refractivity contribution is 5.76. The van der Waals surface area contributed by atoms with Gasteiger partial charge in [-0.15, -0.1) is 0 Å². The summed E-state index contributed by atoms with van der Waals surface area (Å²) in [5, 5.41) is 12.2. The van der Waals surface area contributed by atoms with Gasteiger partial charge in [-0.05, 0) is 51.4 Å². The highest BCUT2D eigenvalue weighted by atomic mass is 16.4. The molecule has 1 spiro atoms. The molecule has 22 heavy (non-hydrogen) atoms. The van der Waals surface area contributed by atoms with E-state index in [1.165, 1.54) is 19.3 Å². The lowest BCUT2D eigenvalue weighted by Gasteiger charge is -2.42. The lowest BCUT2D eigenvalue weighted by Crippen LogP contribution is -2.54. The van der Waals surface area contributed by atoms with E-state index in [9.17, 15) is 9.59 Å². The van der Waals surface area contributed by atoms with Gasteiger partial charge >= 0.3 is 12.0 Å². The van der Waals surface area contributed by atoms with Crippen LogP contribution in [0.3, 0.4) is 0 Å². The number of carboxylic acid groups (broad SMARTS) is 1. The van der Waals surface area contributed by atoms with Crippen LogP contribution in [-0.4, -0.2) is 40.1 Å². The van der Waals surface area contributed by atoms with E-state index >= 15 is 0 Å². The number of hydrogen-bond donors (Lipinski definition) is 2. The molecule has 1 heterocycles. The number of likely N-dealkylation sites (tertiary alicyclic amines) is 1. The van der Waals surface area contributed by atoms with E-state index in [0.29, 0.717) is 12.8 Å². The Morgan fingerprint density at radius 3 is 2.23 bits per heavy atom. The first-order valence-corrected chi connectivity index (χ1v) is 8.92. The monoisotopic (exact) mass is 308 g/mol. The zero-order valence-electron chi connectivity index (χ0n) is 13.4. The molecule has 124 valence electrons. The molecule has 0 aromatic carbocycles. The van der Waals surface area contributed by atoms with Crippen LogP contribution < -0.4 is 5.32 Å². The summed E-state index contributed by atoms with van der Waals surface area (Å²) in [6.45, 7) is 0.885. The van der Waals surface area contributed by atoms with Crippen molar-refractivity contribution >= 4 is 12.0 Å². The normalized spacial score (nSPS) is 31.2. The minimum absolute atomic E-state index is 0.0955. The maximum absolute atomic E-state index is 12.7. The van der Waals surface area contributed by atoms with Crippen molar-refractivity contribution in [1.82, 2.24) is 10.2 Å². The largest absolute Gasteiger partial charge is 0.481 e. The summed E-state index contributed by atoms with van der Waals surface area (Å²) in [4.78, 5) is 25.8. The second-order valence-corrected chi connectivity index (χ2v) is 7.38. The number of nitrogens with one attached hydrogen (secondary N) is 1. The SMILES string of the molecule is O=C(O)C1CCC(NC(=O)N2CCCC23CCCCC3)CC1. The van der Waals surface area contributed by atoms with Gasteiger partial charge in [0, 0.05) is 18.1 Å². The number of carbonyl (C=O) groups excluding carboxylic acids is 1. The average Bonchev–Trinajstić information content (AvgIpc) is 2.91. The van der Waals surface area contributed by atoms with Crippen molar-refractivity contribution in [3.05, 3.63) is 0 Å². The van der Waals surface area contributed by atoms with Gasteiger partial charge in [-0.2, -0.15) is 0 Å². The number of nitrogens with zero attached hydrogens (tertiary/aromatic N) is 1. The van der Waals surface area contributed by atoms with E-state index < -0.39 is 5.97 Å². The molecular weight excluding hydrogens is 280 g/mol. The Morgan fingerprint density at radius 1 is 0.955 bits per heavy atom. The Morgan fingerprint density at radius 2 is 1.59 bits per heavy atom. The summed E-state index contributed by atoms with van der Waals surface area (Å²) in [6.07, 6.45) is 11.4. The second-order valence-electron chi connectivity index (χ2n) is 7.38. The van der Waals surface area contributed by atoms with E-state index in [1.807, 2.05) is 0 Å². The summed E-state index contributed by atoms with van der Waals surface area (Å²) in [7, 11) is 0. The summed E-state index contributed by atoms with van der Waals surface area (Å²) in [5.41, 5.74) is 0.126. The van der Waals surface area contributed by atoms with Gasteiger partial charge in [-0.3, -0.25) is 4.79 Å². The highest BCUT2D eigenvalue weighted by Crippen LogP contribution is 2.41. The molecule has 2 aliphatic carbocycles. The van der Waals surface area contributed by atoms with E-state index in [1.54, 1.807) is 0 Å². The molecule has 1 aliphatic heterocycles. The van der Waals surface area contributed by atoms with Gasteiger partial charge in [-0.25, -0.2) is 4.79 Å². The molecule has 2 amide bonds. The van der Waals surface area contributed by atoms with Crippen molar-refractivity contribution in [3.63, 3.8) is 0 Å². The van der Waals surface area contributed by atoms with Crippen LogP contribution in [0.25, 0.3) is 0 Å². The van der Waals surface area contributed by atoms with Gasteiger partial charge in [0.05, 0.1) is 5.92 Å². The molecule has 5 nitrogen and oxygen atoms in total. The summed E-state index contributed by atoms with van der Waals surface area (Å²) in [5.74, 6) is -0.907. The summed E-state index contributed by atoms with van der Waals surface area (Å²) < 4.78 is 0. The van der Waals surface area contributed by atoms with Crippen molar-refractivity contribution in [2.45, 2.75) is 82.2 Å². The molecule has 0 radical (unpaired) electrons. The topological polar surface area (TPSA) is 69.6 Å². The molecule has 5 heteroatoms. The number of aliphatic carboxylic acids is 1. The van der Waals surface area contributed by atoms with Crippen LogP contribution in [0.4, 0.5) is 4.79 Å². The Hall–Kier alpha value is -1.26. The minimum atomic E-state index is -0.689. The van der Waals surface area contributed by atoms with Crippen LogP contribution in [0.15, 0.2) is 0 Å². The van der Waals surface area contributed by atoms with E-state index in [-0.39, 0.29) is 23.5 Å². The number of amides is 2. The predicted octanol–water partition coefficient (Wildman–Crippen LogP) is 3.14. The molecule has 0 bridgehead atoms. The molecule has 3 aliphatic rings. The summed E-state index contributed by atoms with van der Waals surface area (Å²) >= 11 is 0. The quantitative estimate of drug-likeness (QED) is 0.823. The molecule has 1 saturated heterocycles. The van der Waals surface area contributed by atoms with Crippen molar-refractivity contribution < 1.29 is 14.7 Å². The molecule has 0 atom stereocenters. The van der Waals surface area contributed by atoms with Crippen molar-refractivity contribution in [2.24, 2.45) is 5.92 Å². The van der Waals surface area contributed by atoms with Crippen molar-refractivity contribution in [1.29, 1.82) is 0 Å². The van der Waals surface area contributed by atoms with E-state index in [4.69, 9.17) is 5.11 Å². The minimum Gasteiger partial charge on any atom is -0.481 e. The van der Waals surface area contributed by atoms with E-state index in [2.05, 4.69) is 10.2 Å². The smallest absolute Gasteiger partial charge is 0.318 e. The molecule has 0 aromatic heterocycles. The molecule has 0 aromatic rings. The number of hydrogen-bond acceptors (Lipinski definition) is 2. The van der Waals surface area contributed by atoms with Crippen LogP contribution in [0.2, 0.25) is 0 Å². The van der Waals surface area contributed by atoms with Crippen LogP contribution in [0, 0.1) is 5.92 Å². The number of rotatable bonds is 2. The standard InChI is InChI=1S/C17H28N2O3/c20-15(21)13-5-7-14(8-6-13)18-16(22)19-12-4-11-17(19)9-2-1-3-10-17/h13-14H,1-12H2,(H,18,22)(H,20,21). The Kier molecular flexibility index (Phi) is 4.59. The Bertz CT molecular complexity index is 424. The maximum atomic E-state index is 12.7. The van der Waals surface area contributed by atoms with Crippen LogP contribution >= 0.6 is 0 Å². The predicted molar refractivity (Wildman–Crippen MR) is 83.7 cm³/mol. The van der Waals surface area contributed by atoms with Gasteiger partial charge in [-0.1, -0.05) is 19.3 Å². The lowest BCUT2D eigenvalue weighted by molar-refractivity contribution is -0.142. The number of carboxylic acids is 1. The Labute approximate surface area is 132 Å². The molecule has 0 unspecified atom stereocenters. The zero-order valence-corrected chi connectivity index (χ0v) is 13.4. The fourth-order valence-corrected chi connectivity index (χ4v) is 4.72. The van der Waals surface area contributed by atoms with Gasteiger partial charge in [0.15, 0.2) is 0 Å². The number of carbonyl (C=O) groups is 2. The van der Waals surface area contributed by atoms with Crippen molar-refractivity contribution in [2.75, 3.05) is 6.54 Å². The number of urea groups is 1. The fraction of sp³-hybridized carbons (Fsp3) is 0.882. The molecule has 3 rings (SSSR count). The van der Waals surface area contributed by atoms with Gasteiger partial charge in [0.25, 0.3) is 0 Å². The molecular formula is C17H28N2O3. The maximum Gasteiger partial charge on any atom is 0.318 e. The molecule has 3 fully saturated rings. The van der Waals surface area contributed by atoms with Gasteiger partial charge in [0.2, 0.25) is 0 Å². The second kappa shape index (κ2) is 6.47. The third-order valence-electron chi connectivity index (χ3n) is 6.03. The zero-order chi connectivity index (χ0) is 15.6. The average molecular weight is 308 g/mol. The third kappa shape index (κ3) is 3.08. The molecule has 2 N–H and O–H groups in total. The van der Waals surface area contributed by atoms with Gasteiger partial charge < -0.3 is 15.3 Å².